The van der Waals surface area contributed by atoms with E-state index in [0.717, 1.165) is 5.84 Å². The molecule has 1 N–H and O–H groups in total. The van der Waals surface area contributed by atoms with Gasteiger partial charge in [0.1, 0.15) is 11.5 Å². The number of halogens is 1. The lowest BCUT2D eigenvalue weighted by Crippen LogP contribution is -2.51. The van der Waals surface area contributed by atoms with Crippen molar-refractivity contribution in [3.05, 3.63) is 23.0 Å². The Bertz CT molecular complexity index is 543. The van der Waals surface area contributed by atoms with E-state index in [4.69, 9.17) is 21.1 Å². The van der Waals surface area contributed by atoms with Crippen LogP contribution in [-0.2, 0) is 9.47 Å². The van der Waals surface area contributed by atoms with Crippen LogP contribution in [0.25, 0.3) is 0 Å². The minimum Gasteiger partial charge on any atom is -0.377 e. The zero-order valence-corrected chi connectivity index (χ0v) is 14.0. The molecule has 1 aromatic heterocycles. The first-order valence-electron chi connectivity index (χ1n) is 7.22. The zero-order valence-electron chi connectivity index (χ0n) is 13.3. The van der Waals surface area contributed by atoms with Gasteiger partial charge in [-0.1, -0.05) is 11.6 Å². The van der Waals surface area contributed by atoms with Gasteiger partial charge in [0, 0.05) is 18.9 Å². The van der Waals surface area contributed by atoms with E-state index < -0.39 is 6.29 Å². The number of rotatable bonds is 3. The van der Waals surface area contributed by atoms with Crippen LogP contribution < -0.4 is 0 Å². The fourth-order valence-corrected chi connectivity index (χ4v) is 2.95. The molecule has 1 aliphatic heterocycles. The van der Waals surface area contributed by atoms with Crippen LogP contribution in [0.5, 0.6) is 0 Å². The van der Waals surface area contributed by atoms with Crippen LogP contribution >= 0.6 is 11.6 Å². The Hall–Kier alpha value is -1.21. The van der Waals surface area contributed by atoms with Crippen molar-refractivity contribution in [2.75, 3.05) is 20.3 Å². The van der Waals surface area contributed by atoms with Crippen LogP contribution in [0, 0.1) is 0 Å². The van der Waals surface area contributed by atoms with Gasteiger partial charge in [0.15, 0.2) is 11.4 Å². The summed E-state index contributed by atoms with van der Waals surface area (Å²) >= 11 is 6.16. The van der Waals surface area contributed by atoms with Gasteiger partial charge in [-0.15, -0.1) is 0 Å². The number of methoxy groups -OCH3 is 1. The molecule has 6 nitrogen and oxygen atoms in total. The lowest BCUT2D eigenvalue weighted by Gasteiger charge is -2.40. The number of aromatic nitrogens is 1. The first-order chi connectivity index (χ1) is 10.5. The summed E-state index contributed by atoms with van der Waals surface area (Å²) in [6.07, 6.45) is 0.431. The van der Waals surface area contributed by atoms with E-state index in [1.165, 1.54) is 13.3 Å². The van der Waals surface area contributed by atoms with Gasteiger partial charge in [0.25, 0.3) is 0 Å². The summed E-state index contributed by atoms with van der Waals surface area (Å²) in [5.41, 5.74) is 0.928. The average Bonchev–Trinajstić information content (AvgIpc) is 2.48. The summed E-state index contributed by atoms with van der Waals surface area (Å²) in [7, 11) is 1.42. The number of pyridine rings is 1. The smallest absolute Gasteiger partial charge is 0.183 e. The maximum atomic E-state index is 9.95. The SMILES string of the molecule is COC(O)c1ccnc(Cl)c1/N=C(\C)N1[C@H](C)COC[C@@H]1C. The maximum Gasteiger partial charge on any atom is 0.183 e. The van der Waals surface area contributed by atoms with Crippen LogP contribution in [-0.4, -0.2) is 53.2 Å². The van der Waals surface area contributed by atoms with Gasteiger partial charge in [0.2, 0.25) is 0 Å². The predicted octanol–water partition coefficient (Wildman–Crippen LogP) is 2.53. The highest BCUT2D eigenvalue weighted by Gasteiger charge is 2.27. The van der Waals surface area contributed by atoms with Gasteiger partial charge < -0.3 is 19.5 Å². The van der Waals surface area contributed by atoms with Crippen molar-refractivity contribution >= 4 is 23.1 Å². The number of ether oxygens (including phenoxy) is 2. The van der Waals surface area contributed by atoms with Crippen molar-refractivity contribution in [2.45, 2.75) is 39.1 Å². The first-order valence-corrected chi connectivity index (χ1v) is 7.60. The van der Waals surface area contributed by atoms with Crippen molar-refractivity contribution in [3.8, 4) is 0 Å². The number of nitrogens with zero attached hydrogens (tertiary/aromatic N) is 3. The molecule has 0 amide bonds. The summed E-state index contributed by atoms with van der Waals surface area (Å²) in [4.78, 5) is 10.8. The fourth-order valence-electron chi connectivity index (χ4n) is 2.74. The molecule has 0 radical (unpaired) electrons. The van der Waals surface area contributed by atoms with E-state index in [-0.39, 0.29) is 17.2 Å². The Morgan fingerprint density at radius 1 is 1.50 bits per heavy atom. The number of aliphatic imine (C=N–C) groups is 1. The Morgan fingerprint density at radius 3 is 2.73 bits per heavy atom. The molecule has 2 rings (SSSR count). The molecule has 122 valence electrons. The van der Waals surface area contributed by atoms with Gasteiger partial charge in [-0.05, 0) is 26.8 Å². The quantitative estimate of drug-likeness (QED) is 0.400. The number of morpholine rings is 1. The van der Waals surface area contributed by atoms with Crippen molar-refractivity contribution in [1.82, 2.24) is 9.88 Å². The Morgan fingerprint density at radius 2 is 2.14 bits per heavy atom. The van der Waals surface area contributed by atoms with Gasteiger partial charge in [-0.2, -0.15) is 0 Å². The minimum absolute atomic E-state index is 0.221. The van der Waals surface area contributed by atoms with Crippen molar-refractivity contribution in [2.24, 2.45) is 4.99 Å². The molecule has 1 aromatic rings. The molecule has 0 spiro atoms. The Kier molecular flexibility index (Phi) is 5.74. The molecule has 0 saturated carbocycles. The average molecular weight is 328 g/mol. The second kappa shape index (κ2) is 7.37. The van der Waals surface area contributed by atoms with E-state index in [9.17, 15) is 5.11 Å². The molecule has 0 aliphatic carbocycles. The second-order valence-corrected chi connectivity index (χ2v) is 5.79. The van der Waals surface area contributed by atoms with Gasteiger partial charge in [0.05, 0.1) is 25.3 Å². The highest BCUT2D eigenvalue weighted by molar-refractivity contribution is 6.32. The maximum absolute atomic E-state index is 9.95. The summed E-state index contributed by atoms with van der Waals surface area (Å²) in [6.45, 7) is 7.41. The van der Waals surface area contributed by atoms with E-state index in [2.05, 4.69) is 28.7 Å². The number of hydrogen-bond donors (Lipinski definition) is 1. The van der Waals surface area contributed by atoms with Crippen molar-refractivity contribution in [1.29, 1.82) is 0 Å². The molecule has 7 heteroatoms. The van der Waals surface area contributed by atoms with E-state index in [1.807, 2.05) is 6.92 Å². The topological polar surface area (TPSA) is 67.2 Å². The summed E-state index contributed by atoms with van der Waals surface area (Å²) in [5, 5.41) is 10.2. The molecule has 1 unspecified atom stereocenters. The Labute approximate surface area is 135 Å². The second-order valence-electron chi connectivity index (χ2n) is 5.43. The van der Waals surface area contributed by atoms with E-state index >= 15 is 0 Å². The lowest BCUT2D eigenvalue weighted by atomic mass is 10.1. The monoisotopic (exact) mass is 327 g/mol. The molecular formula is C15H22ClN3O3. The van der Waals surface area contributed by atoms with E-state index in [0.29, 0.717) is 24.5 Å². The van der Waals surface area contributed by atoms with Crippen LogP contribution in [0.3, 0.4) is 0 Å². The normalized spacial score (nSPS) is 24.5. The van der Waals surface area contributed by atoms with E-state index in [1.54, 1.807) is 6.07 Å². The molecule has 3 atom stereocenters. The molecule has 22 heavy (non-hydrogen) atoms. The third-order valence-electron chi connectivity index (χ3n) is 3.72. The molecule has 2 heterocycles. The van der Waals surface area contributed by atoms with Crippen LogP contribution in [0.1, 0.15) is 32.6 Å². The highest BCUT2D eigenvalue weighted by atomic mass is 35.5. The molecule has 1 saturated heterocycles. The number of hydrogen-bond acceptors (Lipinski definition) is 5. The first kappa shape index (κ1) is 17.1. The zero-order chi connectivity index (χ0) is 16.3. The Balaban J connectivity index is 2.39. The minimum atomic E-state index is -1.09. The fraction of sp³-hybridized carbons (Fsp3) is 0.600. The molecule has 1 aliphatic rings. The third kappa shape index (κ3) is 3.57. The molecule has 0 bridgehead atoms. The predicted molar refractivity (Wildman–Crippen MR) is 85.6 cm³/mol. The van der Waals surface area contributed by atoms with Crippen LogP contribution in [0.4, 0.5) is 5.69 Å². The summed E-state index contributed by atoms with van der Waals surface area (Å²) in [6, 6.07) is 2.09. The van der Waals surface area contributed by atoms with Crippen molar-refractivity contribution in [3.63, 3.8) is 0 Å². The number of amidine groups is 1. The van der Waals surface area contributed by atoms with Crippen LogP contribution in [0.15, 0.2) is 17.3 Å². The number of aliphatic hydroxyl groups excluding tert-OH is 1. The highest BCUT2D eigenvalue weighted by Crippen LogP contribution is 2.32. The number of aliphatic hydroxyl groups is 1. The summed E-state index contributed by atoms with van der Waals surface area (Å²) < 4.78 is 10.5. The van der Waals surface area contributed by atoms with Gasteiger partial charge in [-0.25, -0.2) is 9.98 Å². The largest absolute Gasteiger partial charge is 0.377 e. The van der Waals surface area contributed by atoms with Gasteiger partial charge >= 0.3 is 0 Å². The van der Waals surface area contributed by atoms with Crippen molar-refractivity contribution < 1.29 is 14.6 Å². The molecule has 0 aromatic carbocycles. The standard InChI is InChI=1S/C15H22ClN3O3/c1-9-7-22-8-10(2)19(9)11(3)18-13-12(15(20)21-4)5-6-17-14(13)16/h5-6,9-10,15,20H,7-8H2,1-4H3/b18-11+/t9-,10+,15?. The lowest BCUT2D eigenvalue weighted by molar-refractivity contribution is -0.0765. The van der Waals surface area contributed by atoms with Gasteiger partial charge in [-0.3, -0.25) is 0 Å². The van der Waals surface area contributed by atoms with Crippen LogP contribution in [0.2, 0.25) is 5.15 Å². The summed E-state index contributed by atoms with van der Waals surface area (Å²) in [5.74, 6) is 0.808. The molecular weight excluding hydrogens is 306 g/mol. The molecule has 1 fully saturated rings. The third-order valence-corrected chi connectivity index (χ3v) is 3.99.